The van der Waals surface area contributed by atoms with E-state index in [0.29, 0.717) is 17.7 Å². The second-order valence-electron chi connectivity index (χ2n) is 5.23. The summed E-state index contributed by atoms with van der Waals surface area (Å²) in [5.41, 5.74) is 2.24. The quantitative estimate of drug-likeness (QED) is 0.752. The van der Waals surface area contributed by atoms with E-state index < -0.39 is 12.1 Å². The molecule has 1 unspecified atom stereocenters. The Bertz CT molecular complexity index is 741. The zero-order valence-corrected chi connectivity index (χ0v) is 12.2. The van der Waals surface area contributed by atoms with Crippen molar-refractivity contribution in [2.24, 2.45) is 0 Å². The van der Waals surface area contributed by atoms with Gasteiger partial charge in [0, 0.05) is 5.69 Å². The molecule has 1 aliphatic heterocycles. The maximum absolute atomic E-state index is 12.0. The lowest BCUT2D eigenvalue weighted by atomic mass is 10.1. The van der Waals surface area contributed by atoms with Crippen LogP contribution in [0, 0.1) is 0 Å². The van der Waals surface area contributed by atoms with Crippen LogP contribution in [0.1, 0.15) is 17.2 Å². The van der Waals surface area contributed by atoms with Crippen molar-refractivity contribution in [3.8, 4) is 0 Å². The lowest BCUT2D eigenvalue weighted by Crippen LogP contribution is -2.22. The molecular formula is C17H15N3O3. The third-order valence-electron chi connectivity index (χ3n) is 3.51. The molecule has 2 aromatic rings. The molecule has 0 aromatic heterocycles. The Labute approximate surface area is 132 Å². The minimum atomic E-state index is -0.684. The first-order valence-corrected chi connectivity index (χ1v) is 7.17. The molecule has 0 radical (unpaired) electrons. The molecule has 116 valence electrons. The number of hydrogen-bond donors (Lipinski definition) is 3. The first-order chi connectivity index (χ1) is 11.1. The normalized spacial score (nSPS) is 16.6. The van der Waals surface area contributed by atoms with E-state index >= 15 is 0 Å². The number of imide groups is 1. The number of rotatable bonds is 4. The average molecular weight is 309 g/mol. The van der Waals surface area contributed by atoms with Gasteiger partial charge < -0.3 is 10.6 Å². The Hall–Kier alpha value is -3.15. The summed E-state index contributed by atoms with van der Waals surface area (Å²) in [6.07, 6.45) is 0.295. The number of nitrogens with one attached hydrogen (secondary N) is 3. The molecule has 0 spiro atoms. The van der Waals surface area contributed by atoms with Crippen molar-refractivity contribution in [3.05, 3.63) is 65.7 Å². The van der Waals surface area contributed by atoms with Crippen molar-refractivity contribution in [1.29, 1.82) is 0 Å². The number of carbonyl (C=O) groups excluding carboxylic acids is 3. The summed E-state index contributed by atoms with van der Waals surface area (Å²) in [7, 11) is 0. The van der Waals surface area contributed by atoms with Crippen LogP contribution in [0.4, 0.5) is 10.5 Å². The summed E-state index contributed by atoms with van der Waals surface area (Å²) in [6.45, 7) is 0. The summed E-state index contributed by atoms with van der Waals surface area (Å²) < 4.78 is 0. The molecule has 0 saturated carbocycles. The average Bonchev–Trinajstić information content (AvgIpc) is 2.87. The summed E-state index contributed by atoms with van der Waals surface area (Å²) in [6, 6.07) is 15.1. The molecule has 2 aromatic carbocycles. The fraction of sp³-hybridized carbons (Fsp3) is 0.118. The lowest BCUT2D eigenvalue weighted by Gasteiger charge is -2.09. The minimum Gasteiger partial charge on any atom is -0.326 e. The van der Waals surface area contributed by atoms with Gasteiger partial charge in [-0.1, -0.05) is 42.5 Å². The van der Waals surface area contributed by atoms with Crippen LogP contribution in [0.15, 0.2) is 54.6 Å². The van der Waals surface area contributed by atoms with Crippen molar-refractivity contribution < 1.29 is 14.4 Å². The Morgan fingerprint density at radius 3 is 2.30 bits per heavy atom. The third-order valence-corrected chi connectivity index (χ3v) is 3.51. The van der Waals surface area contributed by atoms with Crippen LogP contribution in [-0.2, 0) is 16.0 Å². The smallest absolute Gasteiger partial charge is 0.322 e. The Balaban J connectivity index is 1.62. The molecule has 1 aliphatic rings. The minimum absolute atomic E-state index is 0.115. The topological polar surface area (TPSA) is 87.3 Å². The molecule has 1 saturated heterocycles. The molecule has 1 atom stereocenters. The monoisotopic (exact) mass is 309 g/mol. The van der Waals surface area contributed by atoms with Crippen molar-refractivity contribution in [1.82, 2.24) is 10.6 Å². The number of benzene rings is 2. The van der Waals surface area contributed by atoms with Crippen LogP contribution in [0.25, 0.3) is 0 Å². The van der Waals surface area contributed by atoms with Crippen molar-refractivity contribution in [2.75, 3.05) is 5.32 Å². The van der Waals surface area contributed by atoms with Crippen LogP contribution < -0.4 is 16.0 Å². The Morgan fingerprint density at radius 1 is 1.00 bits per heavy atom. The van der Waals surface area contributed by atoms with E-state index in [1.165, 1.54) is 0 Å². The van der Waals surface area contributed by atoms with Gasteiger partial charge >= 0.3 is 6.03 Å². The van der Waals surface area contributed by atoms with Crippen LogP contribution >= 0.6 is 0 Å². The number of amides is 4. The van der Waals surface area contributed by atoms with Gasteiger partial charge in [-0.2, -0.15) is 0 Å². The molecule has 6 nitrogen and oxygen atoms in total. The second-order valence-corrected chi connectivity index (χ2v) is 5.23. The molecule has 4 amide bonds. The van der Waals surface area contributed by atoms with Gasteiger partial charge in [0.05, 0.1) is 6.42 Å². The highest BCUT2D eigenvalue weighted by Crippen LogP contribution is 2.19. The van der Waals surface area contributed by atoms with Gasteiger partial charge in [0.2, 0.25) is 5.91 Å². The van der Waals surface area contributed by atoms with Gasteiger partial charge in [-0.3, -0.25) is 14.9 Å². The molecule has 0 bridgehead atoms. The summed E-state index contributed by atoms with van der Waals surface area (Å²) in [4.78, 5) is 34.7. The number of anilines is 1. The van der Waals surface area contributed by atoms with Gasteiger partial charge in [0.25, 0.3) is 5.91 Å². The molecular weight excluding hydrogens is 294 g/mol. The van der Waals surface area contributed by atoms with Gasteiger partial charge in [0.15, 0.2) is 0 Å². The van der Waals surface area contributed by atoms with Crippen LogP contribution in [0.5, 0.6) is 0 Å². The lowest BCUT2D eigenvalue weighted by molar-refractivity contribution is -0.120. The van der Waals surface area contributed by atoms with E-state index in [9.17, 15) is 14.4 Å². The predicted molar refractivity (Wildman–Crippen MR) is 84.6 cm³/mol. The first kappa shape index (κ1) is 14.8. The largest absolute Gasteiger partial charge is 0.326 e. The highest BCUT2D eigenvalue weighted by Gasteiger charge is 2.30. The van der Waals surface area contributed by atoms with E-state index in [2.05, 4.69) is 16.0 Å². The van der Waals surface area contributed by atoms with E-state index in [1.54, 1.807) is 24.3 Å². The third kappa shape index (κ3) is 3.55. The summed E-state index contributed by atoms with van der Waals surface area (Å²) in [5, 5.41) is 7.51. The maximum atomic E-state index is 12.0. The van der Waals surface area contributed by atoms with Gasteiger partial charge in [0.1, 0.15) is 6.04 Å². The predicted octanol–water partition coefficient (Wildman–Crippen LogP) is 1.75. The van der Waals surface area contributed by atoms with E-state index in [4.69, 9.17) is 0 Å². The van der Waals surface area contributed by atoms with E-state index in [0.717, 1.165) is 5.56 Å². The fourth-order valence-electron chi connectivity index (χ4n) is 2.40. The van der Waals surface area contributed by atoms with Crippen molar-refractivity contribution in [2.45, 2.75) is 12.5 Å². The SMILES string of the molecule is O=C(Cc1ccccc1)Nc1ccc(C2NC(=O)NC2=O)cc1. The molecule has 3 rings (SSSR count). The number of hydrogen-bond acceptors (Lipinski definition) is 3. The highest BCUT2D eigenvalue weighted by atomic mass is 16.2. The van der Waals surface area contributed by atoms with Crippen molar-refractivity contribution in [3.63, 3.8) is 0 Å². The number of carbonyl (C=O) groups is 3. The molecule has 3 N–H and O–H groups in total. The summed E-state index contributed by atoms with van der Waals surface area (Å²) >= 11 is 0. The molecule has 0 aliphatic carbocycles. The van der Waals surface area contributed by atoms with Gasteiger partial charge in [-0.15, -0.1) is 0 Å². The van der Waals surface area contributed by atoms with Gasteiger partial charge in [-0.05, 0) is 23.3 Å². The molecule has 1 fully saturated rings. The van der Waals surface area contributed by atoms with E-state index in [-0.39, 0.29) is 11.8 Å². The second kappa shape index (κ2) is 6.31. The maximum Gasteiger partial charge on any atom is 0.322 e. The molecule has 1 heterocycles. The fourth-order valence-corrected chi connectivity index (χ4v) is 2.40. The highest BCUT2D eigenvalue weighted by molar-refractivity contribution is 6.04. The Morgan fingerprint density at radius 2 is 1.70 bits per heavy atom. The Kier molecular flexibility index (Phi) is 4.05. The van der Waals surface area contributed by atoms with Gasteiger partial charge in [-0.25, -0.2) is 4.79 Å². The van der Waals surface area contributed by atoms with Crippen LogP contribution in [0.3, 0.4) is 0 Å². The van der Waals surface area contributed by atoms with Crippen LogP contribution in [-0.4, -0.2) is 17.8 Å². The molecule has 23 heavy (non-hydrogen) atoms. The van der Waals surface area contributed by atoms with Crippen LogP contribution in [0.2, 0.25) is 0 Å². The summed E-state index contributed by atoms with van der Waals surface area (Å²) in [5.74, 6) is -0.494. The zero-order chi connectivity index (χ0) is 16.2. The molecule has 6 heteroatoms. The van der Waals surface area contributed by atoms with Crippen molar-refractivity contribution >= 4 is 23.5 Å². The number of urea groups is 1. The zero-order valence-electron chi connectivity index (χ0n) is 12.2. The van der Waals surface area contributed by atoms with E-state index in [1.807, 2.05) is 30.3 Å². The standard InChI is InChI=1S/C17H15N3O3/c21-14(10-11-4-2-1-3-5-11)18-13-8-6-12(7-9-13)15-16(22)20-17(23)19-15/h1-9,15H,10H2,(H,18,21)(H2,19,20,22,23). The first-order valence-electron chi connectivity index (χ1n) is 7.17.